The lowest BCUT2D eigenvalue weighted by molar-refractivity contribution is 0.0959. The number of fused-ring (bicyclic) bond motifs is 1. The molecule has 0 spiro atoms. The first-order chi connectivity index (χ1) is 9.83. The lowest BCUT2D eigenvalue weighted by Gasteiger charge is -2.25. The third-order valence-electron chi connectivity index (χ3n) is 4.18. The van der Waals surface area contributed by atoms with Crippen LogP contribution in [0.15, 0.2) is 42.5 Å². The van der Waals surface area contributed by atoms with Crippen LogP contribution in [-0.4, -0.2) is 30.3 Å². The van der Waals surface area contributed by atoms with Crippen molar-refractivity contribution >= 4 is 16.6 Å². The molecule has 1 aliphatic rings. The van der Waals surface area contributed by atoms with Crippen LogP contribution in [0.5, 0.6) is 0 Å². The van der Waals surface area contributed by atoms with Gasteiger partial charge in [0.05, 0.1) is 0 Å². The molecule has 1 heterocycles. The molecule has 2 aromatic rings. The van der Waals surface area contributed by atoms with E-state index >= 15 is 0 Å². The second-order valence-corrected chi connectivity index (χ2v) is 5.64. The van der Waals surface area contributed by atoms with Gasteiger partial charge >= 0.3 is 0 Å². The van der Waals surface area contributed by atoms with E-state index in [1.807, 2.05) is 30.3 Å². The van der Waals surface area contributed by atoms with Crippen LogP contribution in [-0.2, 0) is 0 Å². The van der Waals surface area contributed by atoms with Crippen LogP contribution in [0.4, 0.5) is 0 Å². The SMILES string of the molecule is O=C(CCN1CCCCC1)c1ccc2ccccc2c1. The predicted octanol–water partition coefficient (Wildman–Crippen LogP) is 3.90. The van der Waals surface area contributed by atoms with Gasteiger partial charge in [-0.05, 0) is 42.8 Å². The number of rotatable bonds is 4. The van der Waals surface area contributed by atoms with Crippen molar-refractivity contribution in [2.24, 2.45) is 0 Å². The summed E-state index contributed by atoms with van der Waals surface area (Å²) in [6.45, 7) is 3.22. The van der Waals surface area contributed by atoms with Crippen LogP contribution in [0, 0.1) is 0 Å². The monoisotopic (exact) mass is 267 g/mol. The minimum Gasteiger partial charge on any atom is -0.303 e. The van der Waals surface area contributed by atoms with Crippen molar-refractivity contribution in [3.63, 3.8) is 0 Å². The number of carbonyl (C=O) groups excluding carboxylic acids is 1. The number of hydrogen-bond donors (Lipinski definition) is 0. The zero-order valence-corrected chi connectivity index (χ0v) is 11.8. The fourth-order valence-electron chi connectivity index (χ4n) is 2.95. The Balaban J connectivity index is 1.65. The summed E-state index contributed by atoms with van der Waals surface area (Å²) in [5, 5.41) is 2.34. The summed E-state index contributed by atoms with van der Waals surface area (Å²) in [6.07, 6.45) is 4.54. The third kappa shape index (κ3) is 3.07. The Bertz CT molecular complexity index is 599. The van der Waals surface area contributed by atoms with E-state index < -0.39 is 0 Å². The van der Waals surface area contributed by atoms with Crippen LogP contribution < -0.4 is 0 Å². The van der Waals surface area contributed by atoms with Gasteiger partial charge in [-0.15, -0.1) is 0 Å². The van der Waals surface area contributed by atoms with E-state index in [1.165, 1.54) is 24.6 Å². The average Bonchev–Trinajstić information content (AvgIpc) is 2.53. The van der Waals surface area contributed by atoms with Crippen molar-refractivity contribution in [2.75, 3.05) is 19.6 Å². The molecule has 20 heavy (non-hydrogen) atoms. The molecule has 1 saturated heterocycles. The summed E-state index contributed by atoms with van der Waals surface area (Å²) in [6, 6.07) is 14.2. The molecular weight excluding hydrogens is 246 g/mol. The van der Waals surface area contributed by atoms with Crippen molar-refractivity contribution in [1.29, 1.82) is 0 Å². The Morgan fingerprint density at radius 2 is 1.70 bits per heavy atom. The van der Waals surface area contributed by atoms with Gasteiger partial charge < -0.3 is 4.90 Å². The van der Waals surface area contributed by atoms with Gasteiger partial charge in [0.15, 0.2) is 5.78 Å². The number of likely N-dealkylation sites (tertiary alicyclic amines) is 1. The van der Waals surface area contributed by atoms with E-state index in [2.05, 4.69) is 17.0 Å². The Hall–Kier alpha value is -1.67. The van der Waals surface area contributed by atoms with E-state index in [0.29, 0.717) is 6.42 Å². The Labute approximate surface area is 120 Å². The smallest absolute Gasteiger partial charge is 0.164 e. The predicted molar refractivity (Wildman–Crippen MR) is 83.2 cm³/mol. The molecule has 0 atom stereocenters. The molecule has 2 aromatic carbocycles. The van der Waals surface area contributed by atoms with E-state index in [-0.39, 0.29) is 5.78 Å². The molecule has 2 nitrogen and oxygen atoms in total. The van der Waals surface area contributed by atoms with Crippen molar-refractivity contribution in [3.05, 3.63) is 48.0 Å². The molecular formula is C18H21NO. The first-order valence-electron chi connectivity index (χ1n) is 7.57. The minimum atomic E-state index is 0.265. The second-order valence-electron chi connectivity index (χ2n) is 5.64. The third-order valence-corrected chi connectivity index (χ3v) is 4.18. The fraction of sp³-hybridized carbons (Fsp3) is 0.389. The highest BCUT2D eigenvalue weighted by molar-refractivity contribution is 6.00. The highest BCUT2D eigenvalue weighted by Crippen LogP contribution is 2.17. The number of Topliss-reactive ketones (excluding diaryl/α,β-unsaturated/α-hetero) is 1. The summed E-state index contributed by atoms with van der Waals surface area (Å²) in [7, 11) is 0. The largest absolute Gasteiger partial charge is 0.303 e. The molecule has 1 fully saturated rings. The zero-order chi connectivity index (χ0) is 13.8. The van der Waals surface area contributed by atoms with E-state index in [1.54, 1.807) is 0 Å². The Kier molecular flexibility index (Phi) is 4.12. The lowest BCUT2D eigenvalue weighted by atomic mass is 10.0. The van der Waals surface area contributed by atoms with E-state index in [0.717, 1.165) is 30.6 Å². The van der Waals surface area contributed by atoms with Crippen molar-refractivity contribution in [1.82, 2.24) is 4.90 Å². The molecule has 0 aliphatic carbocycles. The van der Waals surface area contributed by atoms with Gasteiger partial charge in [-0.3, -0.25) is 4.79 Å². The maximum absolute atomic E-state index is 12.3. The second kappa shape index (κ2) is 6.19. The quantitative estimate of drug-likeness (QED) is 0.783. The standard InChI is InChI=1S/C18H21NO/c20-18(10-13-19-11-4-1-5-12-19)17-9-8-15-6-2-3-7-16(15)14-17/h2-3,6-9,14H,1,4-5,10-13H2. The van der Waals surface area contributed by atoms with Crippen molar-refractivity contribution in [2.45, 2.75) is 25.7 Å². The first-order valence-corrected chi connectivity index (χ1v) is 7.57. The number of hydrogen-bond acceptors (Lipinski definition) is 2. The summed E-state index contributed by atoms with van der Waals surface area (Å²) in [5.74, 6) is 0.265. The van der Waals surface area contributed by atoms with Crippen molar-refractivity contribution < 1.29 is 4.79 Å². The molecule has 1 aliphatic heterocycles. The fourth-order valence-corrected chi connectivity index (χ4v) is 2.95. The summed E-state index contributed by atoms with van der Waals surface area (Å²) < 4.78 is 0. The molecule has 0 radical (unpaired) electrons. The summed E-state index contributed by atoms with van der Waals surface area (Å²) in [4.78, 5) is 14.7. The average molecular weight is 267 g/mol. The van der Waals surface area contributed by atoms with Gasteiger partial charge in [0.2, 0.25) is 0 Å². The molecule has 0 aromatic heterocycles. The van der Waals surface area contributed by atoms with Gasteiger partial charge in [-0.1, -0.05) is 42.8 Å². The molecule has 104 valence electrons. The topological polar surface area (TPSA) is 20.3 Å². The van der Waals surface area contributed by atoms with E-state index in [4.69, 9.17) is 0 Å². The zero-order valence-electron chi connectivity index (χ0n) is 11.8. The van der Waals surface area contributed by atoms with Crippen molar-refractivity contribution in [3.8, 4) is 0 Å². The van der Waals surface area contributed by atoms with Gasteiger partial charge in [0, 0.05) is 18.5 Å². The molecule has 0 amide bonds. The maximum atomic E-state index is 12.3. The minimum absolute atomic E-state index is 0.265. The van der Waals surface area contributed by atoms with Crippen LogP contribution in [0.2, 0.25) is 0 Å². The number of benzene rings is 2. The van der Waals surface area contributed by atoms with Gasteiger partial charge in [0.1, 0.15) is 0 Å². The lowest BCUT2D eigenvalue weighted by Crippen LogP contribution is -2.31. The van der Waals surface area contributed by atoms with Gasteiger partial charge in [-0.2, -0.15) is 0 Å². The highest BCUT2D eigenvalue weighted by Gasteiger charge is 2.12. The molecule has 0 unspecified atom stereocenters. The molecule has 0 N–H and O–H groups in total. The molecule has 0 saturated carbocycles. The number of nitrogens with zero attached hydrogens (tertiary/aromatic N) is 1. The normalized spacial score (nSPS) is 16.4. The van der Waals surface area contributed by atoms with Gasteiger partial charge in [0.25, 0.3) is 0 Å². The molecule has 0 bridgehead atoms. The highest BCUT2D eigenvalue weighted by atomic mass is 16.1. The van der Waals surface area contributed by atoms with Crippen LogP contribution in [0.3, 0.4) is 0 Å². The maximum Gasteiger partial charge on any atom is 0.164 e. The van der Waals surface area contributed by atoms with Crippen LogP contribution in [0.1, 0.15) is 36.0 Å². The number of carbonyl (C=O) groups is 1. The summed E-state index contributed by atoms with van der Waals surface area (Å²) >= 11 is 0. The number of ketones is 1. The molecule has 3 rings (SSSR count). The molecule has 2 heteroatoms. The van der Waals surface area contributed by atoms with Crippen LogP contribution >= 0.6 is 0 Å². The summed E-state index contributed by atoms with van der Waals surface area (Å²) in [5.41, 5.74) is 0.848. The van der Waals surface area contributed by atoms with E-state index in [9.17, 15) is 4.79 Å². The van der Waals surface area contributed by atoms with Gasteiger partial charge in [-0.25, -0.2) is 0 Å². The number of piperidine rings is 1. The first kappa shape index (κ1) is 13.3. The van der Waals surface area contributed by atoms with Crippen LogP contribution in [0.25, 0.3) is 10.8 Å². The Morgan fingerprint density at radius 1 is 0.950 bits per heavy atom. The Morgan fingerprint density at radius 3 is 2.50 bits per heavy atom.